The lowest BCUT2D eigenvalue weighted by Crippen LogP contribution is -2.43. The molecule has 0 saturated heterocycles. The Bertz CT molecular complexity index is 862. The van der Waals surface area contributed by atoms with Gasteiger partial charge < -0.3 is 19.7 Å². The van der Waals surface area contributed by atoms with Crippen molar-refractivity contribution in [2.24, 2.45) is 11.3 Å². The molecule has 3 rings (SSSR count). The Labute approximate surface area is 212 Å². The maximum Gasteiger partial charge on any atom is 0.332 e. The van der Waals surface area contributed by atoms with Crippen molar-refractivity contribution in [3.63, 3.8) is 0 Å². The van der Waals surface area contributed by atoms with Crippen LogP contribution >= 0.6 is 0 Å². The molecule has 2 saturated carbocycles. The molecule has 0 aromatic heterocycles. The highest BCUT2D eigenvalue weighted by atomic mass is 16.6. The van der Waals surface area contributed by atoms with E-state index in [2.05, 4.69) is 46.4 Å². The summed E-state index contributed by atoms with van der Waals surface area (Å²) < 4.78 is 11.2. The van der Waals surface area contributed by atoms with Gasteiger partial charge in [-0.2, -0.15) is 0 Å². The zero-order chi connectivity index (χ0) is 25.6. The highest BCUT2D eigenvalue weighted by Crippen LogP contribution is 2.55. The summed E-state index contributed by atoms with van der Waals surface area (Å²) in [7, 11) is 0. The number of fused-ring (bicyclic) bond motifs is 1. The molecule has 196 valence electrons. The number of esters is 1. The number of allylic oxidation sites excluding steroid dienone is 5. The van der Waals surface area contributed by atoms with Crippen LogP contribution in [0.25, 0.3) is 0 Å². The van der Waals surface area contributed by atoms with Gasteiger partial charge in [0.2, 0.25) is 0 Å². The highest BCUT2D eigenvalue weighted by Gasteiger charge is 2.44. The molecule has 5 heteroatoms. The molecule has 3 aliphatic carbocycles. The molecule has 0 unspecified atom stereocenters. The second kappa shape index (κ2) is 12.0. The van der Waals surface area contributed by atoms with Gasteiger partial charge in [-0.25, -0.2) is 4.79 Å². The van der Waals surface area contributed by atoms with E-state index in [1.54, 1.807) is 5.57 Å². The number of ether oxygens (including phenoxy) is 2. The summed E-state index contributed by atoms with van der Waals surface area (Å²) in [5.74, 6) is -1.58. The van der Waals surface area contributed by atoms with E-state index in [9.17, 15) is 15.0 Å². The van der Waals surface area contributed by atoms with Crippen LogP contribution in [0.1, 0.15) is 98.3 Å². The van der Waals surface area contributed by atoms with Crippen molar-refractivity contribution in [1.29, 1.82) is 0 Å². The Morgan fingerprint density at radius 1 is 1.26 bits per heavy atom. The molecule has 0 radical (unpaired) electrons. The van der Waals surface area contributed by atoms with Gasteiger partial charge in [-0.3, -0.25) is 0 Å². The lowest BCUT2D eigenvalue weighted by atomic mass is 9.64. The van der Waals surface area contributed by atoms with Gasteiger partial charge in [-0.05, 0) is 67.4 Å². The molecule has 2 fully saturated rings. The van der Waals surface area contributed by atoms with Gasteiger partial charge in [0.15, 0.2) is 5.79 Å². The fraction of sp³-hybridized carbons (Fsp3) is 0.700. The lowest BCUT2D eigenvalue weighted by molar-refractivity contribution is -0.226. The van der Waals surface area contributed by atoms with Gasteiger partial charge in [0.1, 0.15) is 12.7 Å². The van der Waals surface area contributed by atoms with E-state index in [4.69, 9.17) is 9.47 Å². The standard InChI is InChI=1S/C30H46O5/c1-6-10-25(11-7-2)35-28(32)20-34-30(33)18-23(21(4)27(31)19-30)14-13-22-12-9-17-29(5)24(8-3)15-16-26(22)29/h13-15,25-27,31,33H,4,6-12,16-20H2,1-3,5H3/t26-,27-,29+,30-/m0/s1. The zero-order valence-electron chi connectivity index (χ0n) is 22.3. The number of carbonyl (C=O) groups is 1. The number of aliphatic hydroxyl groups is 2. The summed E-state index contributed by atoms with van der Waals surface area (Å²) in [4.78, 5) is 12.4. The SMILES string of the molecule is C=C1C(=CC=C2CCC[C@]3(C)C(CC)=CC[C@@H]23)C[C@](O)(OCC(=O)OC(CCC)CCC)C[C@@H]1O. The molecule has 0 amide bonds. The van der Waals surface area contributed by atoms with Crippen LogP contribution in [-0.4, -0.2) is 40.8 Å². The summed E-state index contributed by atoms with van der Waals surface area (Å²) in [5.41, 5.74) is 4.65. The van der Waals surface area contributed by atoms with Crippen LogP contribution in [0.2, 0.25) is 0 Å². The predicted molar refractivity (Wildman–Crippen MR) is 140 cm³/mol. The van der Waals surface area contributed by atoms with Crippen molar-refractivity contribution in [1.82, 2.24) is 0 Å². The first-order valence-corrected chi connectivity index (χ1v) is 13.7. The molecule has 3 aliphatic rings. The maximum absolute atomic E-state index is 12.4. The van der Waals surface area contributed by atoms with Crippen LogP contribution in [-0.2, 0) is 14.3 Å². The normalized spacial score (nSPS) is 33.3. The largest absolute Gasteiger partial charge is 0.461 e. The van der Waals surface area contributed by atoms with Crippen LogP contribution in [0.4, 0.5) is 0 Å². The third-order valence-corrected chi connectivity index (χ3v) is 8.36. The average Bonchev–Trinajstić information content (AvgIpc) is 3.16. The monoisotopic (exact) mass is 486 g/mol. The summed E-state index contributed by atoms with van der Waals surface area (Å²) in [5, 5.41) is 21.7. The zero-order valence-corrected chi connectivity index (χ0v) is 22.3. The van der Waals surface area contributed by atoms with Crippen LogP contribution in [0.3, 0.4) is 0 Å². The van der Waals surface area contributed by atoms with Crippen LogP contribution < -0.4 is 0 Å². The van der Waals surface area contributed by atoms with Gasteiger partial charge in [0.05, 0.1) is 6.10 Å². The van der Waals surface area contributed by atoms with E-state index in [0.717, 1.165) is 50.5 Å². The lowest BCUT2D eigenvalue weighted by Gasteiger charge is -2.41. The summed E-state index contributed by atoms with van der Waals surface area (Å²) in [6.45, 7) is 12.5. The fourth-order valence-electron chi connectivity index (χ4n) is 6.38. The molecule has 0 heterocycles. The van der Waals surface area contributed by atoms with Crippen LogP contribution in [0.15, 0.2) is 47.1 Å². The Balaban J connectivity index is 1.68. The molecule has 0 aromatic rings. The molecule has 0 spiro atoms. The second-order valence-electron chi connectivity index (χ2n) is 10.9. The number of aliphatic hydroxyl groups excluding tert-OH is 1. The molecule has 35 heavy (non-hydrogen) atoms. The molecule has 4 atom stereocenters. The Morgan fingerprint density at radius 2 is 1.97 bits per heavy atom. The van der Waals surface area contributed by atoms with Gasteiger partial charge in [-0.1, -0.05) is 76.5 Å². The molecule has 2 N–H and O–H groups in total. The van der Waals surface area contributed by atoms with Crippen LogP contribution in [0, 0.1) is 11.3 Å². The Kier molecular flexibility index (Phi) is 9.59. The minimum atomic E-state index is -1.62. The van der Waals surface area contributed by atoms with Crippen LogP contribution in [0.5, 0.6) is 0 Å². The van der Waals surface area contributed by atoms with Crippen molar-refractivity contribution in [2.75, 3.05) is 6.61 Å². The van der Waals surface area contributed by atoms with Crippen molar-refractivity contribution >= 4 is 5.97 Å². The number of rotatable bonds is 10. The molecular weight excluding hydrogens is 440 g/mol. The van der Waals surface area contributed by atoms with Crippen molar-refractivity contribution in [3.05, 3.63) is 47.1 Å². The van der Waals surface area contributed by atoms with Gasteiger partial charge in [0.25, 0.3) is 0 Å². The van der Waals surface area contributed by atoms with E-state index in [1.165, 1.54) is 18.4 Å². The smallest absolute Gasteiger partial charge is 0.332 e. The first-order chi connectivity index (χ1) is 16.7. The predicted octanol–water partition coefficient (Wildman–Crippen LogP) is 6.31. The quantitative estimate of drug-likeness (QED) is 0.215. The topological polar surface area (TPSA) is 76.0 Å². The van der Waals surface area contributed by atoms with Crippen molar-refractivity contribution < 1.29 is 24.5 Å². The van der Waals surface area contributed by atoms with E-state index in [0.29, 0.717) is 11.5 Å². The van der Waals surface area contributed by atoms with Gasteiger partial charge >= 0.3 is 5.97 Å². The molecule has 5 nitrogen and oxygen atoms in total. The number of hydrogen-bond acceptors (Lipinski definition) is 5. The molecule has 0 aromatic carbocycles. The number of hydrogen-bond donors (Lipinski definition) is 2. The maximum atomic E-state index is 12.4. The fourth-order valence-corrected chi connectivity index (χ4v) is 6.38. The summed E-state index contributed by atoms with van der Waals surface area (Å²) in [6, 6.07) is 0. The minimum Gasteiger partial charge on any atom is -0.461 e. The average molecular weight is 487 g/mol. The van der Waals surface area contributed by atoms with Gasteiger partial charge in [-0.15, -0.1) is 0 Å². The molecule has 0 bridgehead atoms. The molecule has 0 aliphatic heterocycles. The summed E-state index contributed by atoms with van der Waals surface area (Å²) in [6.07, 6.45) is 15.0. The third kappa shape index (κ3) is 6.55. The Morgan fingerprint density at radius 3 is 2.63 bits per heavy atom. The first-order valence-electron chi connectivity index (χ1n) is 13.7. The Hall–Kier alpha value is -1.69. The van der Waals surface area contributed by atoms with E-state index in [-0.39, 0.29) is 31.0 Å². The summed E-state index contributed by atoms with van der Waals surface area (Å²) >= 11 is 0. The minimum absolute atomic E-state index is 0.00908. The van der Waals surface area contributed by atoms with Crippen molar-refractivity contribution in [2.45, 2.75) is 116 Å². The van der Waals surface area contributed by atoms with E-state index in [1.807, 2.05) is 6.08 Å². The third-order valence-electron chi connectivity index (χ3n) is 8.36. The van der Waals surface area contributed by atoms with E-state index < -0.39 is 17.9 Å². The highest BCUT2D eigenvalue weighted by molar-refractivity contribution is 5.71. The number of carbonyl (C=O) groups excluding carboxylic acids is 1. The van der Waals surface area contributed by atoms with E-state index >= 15 is 0 Å². The molecular formula is C30H46O5. The first kappa shape index (κ1) is 27.9. The second-order valence-corrected chi connectivity index (χ2v) is 10.9. The van der Waals surface area contributed by atoms with Gasteiger partial charge in [0, 0.05) is 12.8 Å². The van der Waals surface area contributed by atoms with Crippen molar-refractivity contribution in [3.8, 4) is 0 Å².